The Morgan fingerprint density at radius 1 is 1.11 bits per heavy atom. The standard InChI is InChI=1S/C29H36FN7O/c1-29(2)17-37(15-14-35-29)20-10-8-19(9-11-20)36-28-25(27(32)33-18-34-28)26(31)23-13-12-22(16-24(23)30)38-21-6-4-3-5-7-21/h3-7,12-13,16,18-20,31,35H,8-11,14-15,17H2,1-2H3,(H3,32,33,34,36). The highest BCUT2D eigenvalue weighted by Crippen LogP contribution is 2.31. The van der Waals surface area contributed by atoms with Crippen molar-refractivity contribution in [2.75, 3.05) is 30.7 Å². The minimum atomic E-state index is -0.572. The monoisotopic (exact) mass is 517 g/mol. The first-order valence-corrected chi connectivity index (χ1v) is 13.3. The molecule has 1 aliphatic carbocycles. The summed E-state index contributed by atoms with van der Waals surface area (Å²) in [6.45, 7) is 7.67. The molecular weight excluding hydrogens is 481 g/mol. The third kappa shape index (κ3) is 5.95. The van der Waals surface area contributed by atoms with E-state index in [1.807, 2.05) is 18.2 Å². The van der Waals surface area contributed by atoms with E-state index >= 15 is 4.39 Å². The Morgan fingerprint density at radius 2 is 1.87 bits per heavy atom. The molecule has 1 aliphatic heterocycles. The normalized spacial score (nSPS) is 21.6. The van der Waals surface area contributed by atoms with E-state index < -0.39 is 5.82 Å². The van der Waals surface area contributed by atoms with E-state index in [0.29, 0.717) is 28.9 Å². The fourth-order valence-electron chi connectivity index (χ4n) is 5.55. The summed E-state index contributed by atoms with van der Waals surface area (Å²) in [5, 5.41) is 15.9. The van der Waals surface area contributed by atoms with Crippen molar-refractivity contribution in [1.82, 2.24) is 20.2 Å². The number of nitrogens with one attached hydrogen (secondary N) is 3. The number of ether oxygens (including phenoxy) is 1. The highest BCUT2D eigenvalue weighted by molar-refractivity contribution is 6.16. The van der Waals surface area contributed by atoms with Gasteiger partial charge in [0.25, 0.3) is 0 Å². The molecule has 9 heteroatoms. The van der Waals surface area contributed by atoms with E-state index in [9.17, 15) is 0 Å². The number of hydrogen-bond acceptors (Lipinski definition) is 8. The second kappa shape index (κ2) is 11.0. The summed E-state index contributed by atoms with van der Waals surface area (Å²) in [6, 6.07) is 14.4. The first kappa shape index (κ1) is 26.1. The lowest BCUT2D eigenvalue weighted by Gasteiger charge is -2.45. The van der Waals surface area contributed by atoms with Crippen molar-refractivity contribution in [3.63, 3.8) is 0 Å². The van der Waals surface area contributed by atoms with Crippen LogP contribution in [0.1, 0.15) is 50.7 Å². The fourth-order valence-corrected chi connectivity index (χ4v) is 5.55. The van der Waals surface area contributed by atoms with Gasteiger partial charge in [0.1, 0.15) is 35.3 Å². The van der Waals surface area contributed by atoms with Crippen molar-refractivity contribution in [3.8, 4) is 11.5 Å². The van der Waals surface area contributed by atoms with E-state index in [4.69, 9.17) is 15.9 Å². The number of benzene rings is 2. The van der Waals surface area contributed by atoms with E-state index in [1.54, 1.807) is 18.2 Å². The summed E-state index contributed by atoms with van der Waals surface area (Å²) < 4.78 is 20.9. The Kier molecular flexibility index (Phi) is 7.58. The van der Waals surface area contributed by atoms with Gasteiger partial charge in [-0.3, -0.25) is 10.3 Å². The van der Waals surface area contributed by atoms with Crippen LogP contribution in [-0.2, 0) is 0 Å². The zero-order chi connectivity index (χ0) is 26.7. The lowest BCUT2D eigenvalue weighted by molar-refractivity contribution is 0.0860. The molecule has 5 rings (SSSR count). The molecule has 1 aromatic heterocycles. The van der Waals surface area contributed by atoms with E-state index in [0.717, 1.165) is 45.3 Å². The smallest absolute Gasteiger partial charge is 0.141 e. The third-order valence-electron chi connectivity index (χ3n) is 7.47. The van der Waals surface area contributed by atoms with Crippen LogP contribution >= 0.6 is 0 Å². The van der Waals surface area contributed by atoms with Gasteiger partial charge in [-0.05, 0) is 63.8 Å². The van der Waals surface area contributed by atoms with Crippen LogP contribution in [0.5, 0.6) is 11.5 Å². The maximum Gasteiger partial charge on any atom is 0.141 e. The molecule has 0 unspecified atom stereocenters. The van der Waals surface area contributed by atoms with Crippen molar-refractivity contribution in [3.05, 3.63) is 71.8 Å². The van der Waals surface area contributed by atoms with E-state index in [2.05, 4.69) is 39.3 Å². The van der Waals surface area contributed by atoms with Gasteiger partial charge in [-0.2, -0.15) is 0 Å². The average molecular weight is 518 g/mol. The number of nitrogens with two attached hydrogens (primary N) is 1. The Bertz CT molecular complexity index is 1280. The molecule has 3 aromatic rings. The average Bonchev–Trinajstić information content (AvgIpc) is 2.89. The summed E-state index contributed by atoms with van der Waals surface area (Å²) >= 11 is 0. The van der Waals surface area contributed by atoms with Crippen LogP contribution in [0, 0.1) is 11.2 Å². The van der Waals surface area contributed by atoms with Crippen LogP contribution in [0.3, 0.4) is 0 Å². The van der Waals surface area contributed by atoms with Crippen LogP contribution in [0.25, 0.3) is 0 Å². The Labute approximate surface area is 223 Å². The number of para-hydroxylation sites is 1. The second-order valence-corrected chi connectivity index (χ2v) is 10.8. The van der Waals surface area contributed by atoms with Crippen molar-refractivity contribution in [1.29, 1.82) is 5.41 Å². The number of rotatable bonds is 7. The van der Waals surface area contributed by atoms with Gasteiger partial charge in [-0.1, -0.05) is 18.2 Å². The lowest BCUT2D eigenvalue weighted by atomic mass is 9.88. The van der Waals surface area contributed by atoms with Crippen molar-refractivity contribution >= 4 is 17.3 Å². The van der Waals surface area contributed by atoms with Crippen LogP contribution in [-0.4, -0.2) is 57.8 Å². The summed E-state index contributed by atoms with van der Waals surface area (Å²) in [4.78, 5) is 11.1. The molecule has 0 amide bonds. The molecule has 2 fully saturated rings. The molecule has 0 spiro atoms. The number of piperazine rings is 1. The van der Waals surface area contributed by atoms with Crippen molar-refractivity contribution in [2.45, 2.75) is 57.2 Å². The van der Waals surface area contributed by atoms with Gasteiger partial charge in [0, 0.05) is 48.9 Å². The lowest BCUT2D eigenvalue weighted by Crippen LogP contribution is -2.59. The van der Waals surface area contributed by atoms with E-state index in [-0.39, 0.29) is 28.7 Å². The molecule has 200 valence electrons. The Morgan fingerprint density at radius 3 is 2.58 bits per heavy atom. The topological polar surface area (TPSA) is 112 Å². The van der Waals surface area contributed by atoms with Crippen LogP contribution in [0.4, 0.5) is 16.0 Å². The zero-order valence-electron chi connectivity index (χ0n) is 22.0. The van der Waals surface area contributed by atoms with Gasteiger partial charge in [0.05, 0.1) is 11.3 Å². The molecule has 0 bridgehead atoms. The molecule has 2 heterocycles. The quantitative estimate of drug-likeness (QED) is 0.333. The van der Waals surface area contributed by atoms with Crippen molar-refractivity contribution < 1.29 is 9.13 Å². The number of aromatic nitrogens is 2. The van der Waals surface area contributed by atoms with Gasteiger partial charge in [0.2, 0.25) is 0 Å². The second-order valence-electron chi connectivity index (χ2n) is 10.8. The predicted octanol–water partition coefficient (Wildman–Crippen LogP) is 4.81. The largest absolute Gasteiger partial charge is 0.457 e. The molecule has 1 saturated heterocycles. The molecule has 8 nitrogen and oxygen atoms in total. The number of anilines is 2. The number of halogens is 1. The number of hydrogen-bond donors (Lipinski definition) is 4. The molecule has 0 radical (unpaired) electrons. The molecule has 5 N–H and O–H groups in total. The Hall–Kier alpha value is -3.56. The number of nitrogen functional groups attached to an aromatic ring is 1. The molecule has 1 saturated carbocycles. The summed E-state index contributed by atoms with van der Waals surface area (Å²) in [5.41, 5.74) is 6.70. The molecule has 38 heavy (non-hydrogen) atoms. The predicted molar refractivity (Wildman–Crippen MR) is 149 cm³/mol. The minimum absolute atomic E-state index is 0.0638. The van der Waals surface area contributed by atoms with Crippen LogP contribution < -0.4 is 21.1 Å². The van der Waals surface area contributed by atoms with Gasteiger partial charge in [-0.15, -0.1) is 0 Å². The molecule has 0 atom stereocenters. The highest BCUT2D eigenvalue weighted by Gasteiger charge is 2.33. The molecule has 2 aromatic carbocycles. The third-order valence-corrected chi connectivity index (χ3v) is 7.47. The minimum Gasteiger partial charge on any atom is -0.457 e. The summed E-state index contributed by atoms with van der Waals surface area (Å²) in [6.07, 6.45) is 5.56. The van der Waals surface area contributed by atoms with Gasteiger partial charge in [0.15, 0.2) is 0 Å². The van der Waals surface area contributed by atoms with Crippen LogP contribution in [0.2, 0.25) is 0 Å². The summed E-state index contributed by atoms with van der Waals surface area (Å²) in [5.74, 6) is 1.01. The molecule has 2 aliphatic rings. The van der Waals surface area contributed by atoms with Crippen LogP contribution in [0.15, 0.2) is 54.9 Å². The SMILES string of the molecule is CC1(C)CN(C2CCC(Nc3ncnc(N)c3C(=N)c3ccc(Oc4ccccc4)cc3F)CC2)CCN1. The zero-order valence-corrected chi connectivity index (χ0v) is 22.0. The highest BCUT2D eigenvalue weighted by atomic mass is 19.1. The van der Waals surface area contributed by atoms with Gasteiger partial charge in [-0.25, -0.2) is 14.4 Å². The van der Waals surface area contributed by atoms with E-state index in [1.165, 1.54) is 18.5 Å². The first-order chi connectivity index (χ1) is 18.3. The van der Waals surface area contributed by atoms with Crippen molar-refractivity contribution in [2.24, 2.45) is 0 Å². The van der Waals surface area contributed by atoms with Gasteiger partial charge < -0.3 is 21.1 Å². The fraction of sp³-hybridized carbons (Fsp3) is 0.414. The van der Waals surface area contributed by atoms with Gasteiger partial charge >= 0.3 is 0 Å². The Balaban J connectivity index is 1.27. The summed E-state index contributed by atoms with van der Waals surface area (Å²) in [7, 11) is 0. The maximum atomic E-state index is 15.2. The maximum absolute atomic E-state index is 15.2. The number of nitrogens with zero attached hydrogens (tertiary/aromatic N) is 3. The first-order valence-electron chi connectivity index (χ1n) is 13.3. The molecular formula is C29H36FN7O.